The first-order valence-corrected chi connectivity index (χ1v) is 7.77. The van der Waals surface area contributed by atoms with Gasteiger partial charge in [-0.2, -0.15) is 0 Å². The van der Waals surface area contributed by atoms with Gasteiger partial charge in [0.15, 0.2) is 6.61 Å². The van der Waals surface area contributed by atoms with Crippen LogP contribution >= 0.6 is 15.9 Å². The maximum absolute atomic E-state index is 12.0. The summed E-state index contributed by atoms with van der Waals surface area (Å²) < 4.78 is 6.48. The molecule has 0 heterocycles. The van der Waals surface area contributed by atoms with E-state index in [0.29, 0.717) is 5.75 Å². The van der Waals surface area contributed by atoms with Gasteiger partial charge in [-0.25, -0.2) is 0 Å². The maximum atomic E-state index is 12.0. The van der Waals surface area contributed by atoms with Crippen LogP contribution in [0.2, 0.25) is 0 Å². The number of rotatable bonds is 4. The van der Waals surface area contributed by atoms with E-state index in [9.17, 15) is 4.79 Å². The molecule has 2 aromatic rings. The molecule has 0 spiro atoms. The van der Waals surface area contributed by atoms with Gasteiger partial charge in [-0.1, -0.05) is 40.2 Å². The fraction of sp³-hybridized carbons (Fsp3) is 0.235. The SMILES string of the molecule is O=C(COc1ccc(Br)cc1)NC1CCc2ccccc21. The number of hydrogen-bond donors (Lipinski definition) is 1. The predicted molar refractivity (Wildman–Crippen MR) is 85.3 cm³/mol. The summed E-state index contributed by atoms with van der Waals surface area (Å²) in [7, 11) is 0. The largest absolute Gasteiger partial charge is 0.484 e. The Balaban J connectivity index is 1.54. The summed E-state index contributed by atoms with van der Waals surface area (Å²) in [5.41, 5.74) is 2.56. The number of hydrogen-bond acceptors (Lipinski definition) is 2. The fourth-order valence-corrected chi connectivity index (χ4v) is 2.89. The molecular weight excluding hydrogens is 330 g/mol. The lowest BCUT2D eigenvalue weighted by Crippen LogP contribution is -2.31. The van der Waals surface area contributed by atoms with Crippen molar-refractivity contribution in [3.8, 4) is 5.75 Å². The molecular formula is C17H16BrNO2. The van der Waals surface area contributed by atoms with E-state index in [-0.39, 0.29) is 18.6 Å². The Morgan fingerprint density at radius 3 is 2.76 bits per heavy atom. The average molecular weight is 346 g/mol. The van der Waals surface area contributed by atoms with E-state index < -0.39 is 0 Å². The third kappa shape index (κ3) is 3.45. The standard InChI is InChI=1S/C17H16BrNO2/c18-13-6-8-14(9-7-13)21-11-17(20)19-16-10-5-12-3-1-2-4-15(12)16/h1-4,6-9,16H,5,10-11H2,(H,19,20). The van der Waals surface area contributed by atoms with E-state index in [1.54, 1.807) is 0 Å². The molecule has 1 unspecified atom stereocenters. The van der Waals surface area contributed by atoms with Gasteiger partial charge in [-0.05, 0) is 48.2 Å². The number of fused-ring (bicyclic) bond motifs is 1. The van der Waals surface area contributed by atoms with Gasteiger partial charge in [0, 0.05) is 4.47 Å². The highest BCUT2D eigenvalue weighted by Crippen LogP contribution is 2.30. The Hall–Kier alpha value is -1.81. The zero-order valence-electron chi connectivity index (χ0n) is 11.5. The summed E-state index contributed by atoms with van der Waals surface area (Å²) in [5, 5.41) is 3.04. The Morgan fingerprint density at radius 2 is 1.95 bits per heavy atom. The van der Waals surface area contributed by atoms with Crippen LogP contribution in [0.1, 0.15) is 23.6 Å². The quantitative estimate of drug-likeness (QED) is 0.918. The number of carbonyl (C=O) groups is 1. The fourth-order valence-electron chi connectivity index (χ4n) is 2.62. The number of halogens is 1. The first-order valence-electron chi connectivity index (χ1n) is 6.98. The molecule has 0 aromatic heterocycles. The summed E-state index contributed by atoms with van der Waals surface area (Å²) >= 11 is 3.36. The molecule has 3 nitrogen and oxygen atoms in total. The number of carbonyl (C=O) groups excluding carboxylic acids is 1. The Kier molecular flexibility index (Phi) is 4.25. The molecule has 0 aliphatic heterocycles. The molecule has 0 saturated heterocycles. The van der Waals surface area contributed by atoms with Crippen LogP contribution in [-0.2, 0) is 11.2 Å². The predicted octanol–water partition coefficient (Wildman–Crippen LogP) is 3.63. The Bertz CT molecular complexity index is 639. The van der Waals surface area contributed by atoms with Gasteiger partial charge in [0.2, 0.25) is 0 Å². The molecule has 0 bridgehead atoms. The Morgan fingerprint density at radius 1 is 1.19 bits per heavy atom. The third-order valence-electron chi connectivity index (χ3n) is 3.65. The van der Waals surface area contributed by atoms with Crippen LogP contribution in [0.5, 0.6) is 5.75 Å². The minimum absolute atomic E-state index is 0.0420. The molecule has 0 fully saturated rings. The van der Waals surface area contributed by atoms with Crippen LogP contribution in [0.3, 0.4) is 0 Å². The van der Waals surface area contributed by atoms with Crippen LogP contribution in [-0.4, -0.2) is 12.5 Å². The molecule has 108 valence electrons. The van der Waals surface area contributed by atoms with Gasteiger partial charge >= 0.3 is 0 Å². The highest BCUT2D eigenvalue weighted by Gasteiger charge is 2.23. The van der Waals surface area contributed by atoms with Gasteiger partial charge in [-0.3, -0.25) is 4.79 Å². The second-order valence-electron chi connectivity index (χ2n) is 5.10. The van der Waals surface area contributed by atoms with Crippen molar-refractivity contribution >= 4 is 21.8 Å². The molecule has 1 amide bonds. The van der Waals surface area contributed by atoms with E-state index >= 15 is 0 Å². The summed E-state index contributed by atoms with van der Waals surface area (Å²) in [6.07, 6.45) is 1.98. The van der Waals surface area contributed by atoms with Crippen LogP contribution in [0.4, 0.5) is 0 Å². The molecule has 2 aromatic carbocycles. The smallest absolute Gasteiger partial charge is 0.258 e. The van der Waals surface area contributed by atoms with Gasteiger partial charge in [0.1, 0.15) is 5.75 Å². The molecule has 0 saturated carbocycles. The van der Waals surface area contributed by atoms with E-state index in [0.717, 1.165) is 17.3 Å². The first kappa shape index (κ1) is 14.1. The van der Waals surface area contributed by atoms with Crippen LogP contribution in [0.25, 0.3) is 0 Å². The van der Waals surface area contributed by atoms with Crippen molar-refractivity contribution in [3.05, 3.63) is 64.1 Å². The van der Waals surface area contributed by atoms with Crippen LogP contribution < -0.4 is 10.1 Å². The van der Waals surface area contributed by atoms with Crippen molar-refractivity contribution in [2.75, 3.05) is 6.61 Å². The highest BCUT2D eigenvalue weighted by molar-refractivity contribution is 9.10. The van der Waals surface area contributed by atoms with Crippen molar-refractivity contribution in [1.29, 1.82) is 0 Å². The molecule has 3 rings (SSSR count). The van der Waals surface area contributed by atoms with Gasteiger partial charge in [0.05, 0.1) is 6.04 Å². The zero-order chi connectivity index (χ0) is 14.7. The second-order valence-corrected chi connectivity index (χ2v) is 6.02. The zero-order valence-corrected chi connectivity index (χ0v) is 13.1. The lowest BCUT2D eigenvalue weighted by atomic mass is 10.1. The molecule has 1 N–H and O–H groups in total. The minimum Gasteiger partial charge on any atom is -0.484 e. The molecule has 1 aliphatic carbocycles. The minimum atomic E-state index is -0.0837. The van der Waals surface area contributed by atoms with E-state index in [1.165, 1.54) is 11.1 Å². The lowest BCUT2D eigenvalue weighted by molar-refractivity contribution is -0.123. The molecule has 4 heteroatoms. The van der Waals surface area contributed by atoms with Crippen molar-refractivity contribution in [3.63, 3.8) is 0 Å². The lowest BCUT2D eigenvalue weighted by Gasteiger charge is -2.14. The van der Waals surface area contributed by atoms with Gasteiger partial charge < -0.3 is 10.1 Å². The monoisotopic (exact) mass is 345 g/mol. The van der Waals surface area contributed by atoms with E-state index in [1.807, 2.05) is 36.4 Å². The van der Waals surface area contributed by atoms with Crippen LogP contribution in [0.15, 0.2) is 53.0 Å². The first-order chi connectivity index (χ1) is 10.2. The summed E-state index contributed by atoms with van der Waals surface area (Å²) in [5.74, 6) is 0.611. The van der Waals surface area contributed by atoms with Crippen molar-refractivity contribution < 1.29 is 9.53 Å². The second kappa shape index (κ2) is 6.31. The molecule has 1 atom stereocenters. The van der Waals surface area contributed by atoms with Crippen LogP contribution in [0, 0.1) is 0 Å². The van der Waals surface area contributed by atoms with Gasteiger partial charge in [-0.15, -0.1) is 0 Å². The molecule has 21 heavy (non-hydrogen) atoms. The number of aryl methyl sites for hydroxylation is 1. The van der Waals surface area contributed by atoms with Crippen molar-refractivity contribution in [1.82, 2.24) is 5.32 Å². The number of nitrogens with one attached hydrogen (secondary N) is 1. The number of ether oxygens (including phenoxy) is 1. The summed E-state index contributed by atoms with van der Waals surface area (Å²) in [6.45, 7) is 0.0420. The van der Waals surface area contributed by atoms with Gasteiger partial charge in [0.25, 0.3) is 5.91 Å². The normalized spacial score (nSPS) is 16.3. The Labute approximate surface area is 132 Å². The van der Waals surface area contributed by atoms with E-state index in [4.69, 9.17) is 4.74 Å². The summed E-state index contributed by atoms with van der Waals surface area (Å²) in [4.78, 5) is 12.0. The topological polar surface area (TPSA) is 38.3 Å². The number of amides is 1. The summed E-state index contributed by atoms with van der Waals surface area (Å²) in [6, 6.07) is 15.8. The number of benzene rings is 2. The molecule has 1 aliphatic rings. The van der Waals surface area contributed by atoms with E-state index in [2.05, 4.69) is 33.4 Å². The average Bonchev–Trinajstić information content (AvgIpc) is 2.90. The molecule has 0 radical (unpaired) electrons. The third-order valence-corrected chi connectivity index (χ3v) is 4.18. The highest BCUT2D eigenvalue weighted by atomic mass is 79.9. The van der Waals surface area contributed by atoms with Crippen molar-refractivity contribution in [2.45, 2.75) is 18.9 Å². The van der Waals surface area contributed by atoms with Crippen molar-refractivity contribution in [2.24, 2.45) is 0 Å². The maximum Gasteiger partial charge on any atom is 0.258 e.